The zero-order valence-corrected chi connectivity index (χ0v) is 10.9. The number of hydrogen-bond donors (Lipinski definition) is 1. The number of nitrogens with zero attached hydrogens (tertiary/aromatic N) is 1. The summed E-state index contributed by atoms with van der Waals surface area (Å²) in [6.07, 6.45) is 1.65. The number of nitrogens with two attached hydrogens (primary N) is 1. The molecule has 0 amide bonds. The lowest BCUT2D eigenvalue weighted by Crippen LogP contribution is -2.02. The van der Waals surface area contributed by atoms with E-state index in [-0.39, 0.29) is 0 Å². The van der Waals surface area contributed by atoms with Crippen LogP contribution in [0.1, 0.15) is 5.69 Å². The van der Waals surface area contributed by atoms with E-state index in [1.165, 1.54) is 0 Å². The van der Waals surface area contributed by atoms with Crippen LogP contribution in [0.25, 0.3) is 0 Å². The minimum Gasteiger partial charge on any atom is -0.493 e. The lowest BCUT2D eigenvalue weighted by Gasteiger charge is -2.13. The molecule has 0 bridgehead atoms. The van der Waals surface area contributed by atoms with Crippen molar-refractivity contribution in [2.75, 3.05) is 20.0 Å². The molecule has 5 nitrogen and oxygen atoms in total. The second kappa shape index (κ2) is 5.95. The van der Waals surface area contributed by atoms with Crippen molar-refractivity contribution in [2.24, 2.45) is 0 Å². The van der Waals surface area contributed by atoms with Gasteiger partial charge in [-0.3, -0.25) is 4.98 Å². The second-order valence-corrected chi connectivity index (χ2v) is 3.86. The van der Waals surface area contributed by atoms with Gasteiger partial charge in [0.2, 0.25) is 5.75 Å². The highest BCUT2D eigenvalue weighted by Gasteiger charge is 2.11. The highest BCUT2D eigenvalue weighted by molar-refractivity contribution is 5.51. The SMILES string of the molecule is COc1cccc(OC)c1OCc1cc(N)ccn1. The molecule has 0 unspecified atom stereocenters. The summed E-state index contributed by atoms with van der Waals surface area (Å²) in [5.74, 6) is 1.78. The summed E-state index contributed by atoms with van der Waals surface area (Å²) < 4.78 is 16.2. The van der Waals surface area contributed by atoms with E-state index in [0.717, 1.165) is 5.69 Å². The number of methoxy groups -OCH3 is 2. The second-order valence-electron chi connectivity index (χ2n) is 3.86. The molecule has 2 aromatic rings. The summed E-state index contributed by atoms with van der Waals surface area (Å²) in [5.41, 5.74) is 7.09. The van der Waals surface area contributed by atoms with E-state index in [9.17, 15) is 0 Å². The molecular weight excluding hydrogens is 244 g/mol. The molecular formula is C14H16N2O3. The Morgan fingerprint density at radius 2 is 1.79 bits per heavy atom. The van der Waals surface area contributed by atoms with Gasteiger partial charge in [-0.2, -0.15) is 0 Å². The fourth-order valence-electron chi connectivity index (χ4n) is 1.68. The highest BCUT2D eigenvalue weighted by atomic mass is 16.5. The Hall–Kier alpha value is -2.43. The van der Waals surface area contributed by atoms with Crippen molar-refractivity contribution < 1.29 is 14.2 Å². The van der Waals surface area contributed by atoms with E-state index in [1.807, 2.05) is 18.2 Å². The van der Waals surface area contributed by atoms with Crippen LogP contribution in [0, 0.1) is 0 Å². The molecule has 0 spiro atoms. The first-order valence-electron chi connectivity index (χ1n) is 5.78. The number of para-hydroxylation sites is 1. The fourth-order valence-corrected chi connectivity index (χ4v) is 1.68. The molecule has 0 saturated carbocycles. The van der Waals surface area contributed by atoms with Crippen molar-refractivity contribution in [3.63, 3.8) is 0 Å². The molecule has 2 N–H and O–H groups in total. The Labute approximate surface area is 111 Å². The van der Waals surface area contributed by atoms with Gasteiger partial charge in [0.25, 0.3) is 0 Å². The molecule has 2 rings (SSSR count). The molecule has 0 saturated heterocycles. The lowest BCUT2D eigenvalue weighted by molar-refractivity contribution is 0.263. The average molecular weight is 260 g/mol. The van der Waals surface area contributed by atoms with Gasteiger partial charge < -0.3 is 19.9 Å². The number of pyridine rings is 1. The third kappa shape index (κ3) is 3.07. The molecule has 0 radical (unpaired) electrons. The van der Waals surface area contributed by atoms with Crippen LogP contribution in [-0.4, -0.2) is 19.2 Å². The predicted molar refractivity (Wildman–Crippen MR) is 72.5 cm³/mol. The fraction of sp³-hybridized carbons (Fsp3) is 0.214. The summed E-state index contributed by atoms with van der Waals surface area (Å²) in [6, 6.07) is 8.95. The van der Waals surface area contributed by atoms with Crippen molar-refractivity contribution in [3.05, 3.63) is 42.2 Å². The van der Waals surface area contributed by atoms with Gasteiger partial charge in [0.05, 0.1) is 19.9 Å². The summed E-state index contributed by atoms with van der Waals surface area (Å²) in [7, 11) is 3.17. The molecule has 5 heteroatoms. The van der Waals surface area contributed by atoms with Gasteiger partial charge >= 0.3 is 0 Å². The first kappa shape index (κ1) is 13.0. The van der Waals surface area contributed by atoms with Crippen LogP contribution >= 0.6 is 0 Å². The van der Waals surface area contributed by atoms with Crippen LogP contribution in [0.3, 0.4) is 0 Å². The predicted octanol–water partition coefficient (Wildman–Crippen LogP) is 2.26. The molecule has 1 aromatic heterocycles. The summed E-state index contributed by atoms with van der Waals surface area (Å²) in [6.45, 7) is 0.293. The smallest absolute Gasteiger partial charge is 0.203 e. The topological polar surface area (TPSA) is 66.6 Å². The molecule has 0 aliphatic heterocycles. The van der Waals surface area contributed by atoms with Gasteiger partial charge in [0, 0.05) is 11.9 Å². The lowest BCUT2D eigenvalue weighted by atomic mass is 10.3. The van der Waals surface area contributed by atoms with Gasteiger partial charge in [-0.1, -0.05) is 6.07 Å². The van der Waals surface area contributed by atoms with Crippen molar-refractivity contribution >= 4 is 5.69 Å². The van der Waals surface area contributed by atoms with Crippen LogP contribution in [-0.2, 0) is 6.61 Å². The van der Waals surface area contributed by atoms with Gasteiger partial charge in [0.1, 0.15) is 6.61 Å². The van der Waals surface area contributed by atoms with Crippen molar-refractivity contribution in [1.29, 1.82) is 0 Å². The van der Waals surface area contributed by atoms with Crippen molar-refractivity contribution in [2.45, 2.75) is 6.61 Å². The monoisotopic (exact) mass is 260 g/mol. The number of benzene rings is 1. The number of ether oxygens (including phenoxy) is 3. The van der Waals surface area contributed by atoms with E-state index >= 15 is 0 Å². The number of aromatic nitrogens is 1. The van der Waals surface area contributed by atoms with Gasteiger partial charge in [0.15, 0.2) is 11.5 Å². The highest BCUT2D eigenvalue weighted by Crippen LogP contribution is 2.37. The molecule has 1 aromatic carbocycles. The average Bonchev–Trinajstić information content (AvgIpc) is 2.44. The Morgan fingerprint density at radius 3 is 2.37 bits per heavy atom. The van der Waals surface area contributed by atoms with Crippen LogP contribution in [0.15, 0.2) is 36.5 Å². The van der Waals surface area contributed by atoms with Crippen LogP contribution < -0.4 is 19.9 Å². The van der Waals surface area contributed by atoms with Gasteiger partial charge in [-0.25, -0.2) is 0 Å². The Bertz CT molecular complexity index is 536. The quantitative estimate of drug-likeness (QED) is 0.893. The van der Waals surface area contributed by atoms with Crippen molar-refractivity contribution in [3.8, 4) is 17.2 Å². The molecule has 0 atom stereocenters. The third-order valence-corrected chi connectivity index (χ3v) is 2.59. The van der Waals surface area contributed by atoms with Gasteiger partial charge in [-0.05, 0) is 24.3 Å². The first-order chi connectivity index (χ1) is 9.24. The Morgan fingerprint density at radius 1 is 1.11 bits per heavy atom. The summed E-state index contributed by atoms with van der Waals surface area (Å²) >= 11 is 0. The number of hydrogen-bond acceptors (Lipinski definition) is 5. The molecule has 19 heavy (non-hydrogen) atoms. The minimum atomic E-state index is 0.293. The number of rotatable bonds is 5. The normalized spacial score (nSPS) is 10.0. The van der Waals surface area contributed by atoms with Crippen LogP contribution in [0.2, 0.25) is 0 Å². The van der Waals surface area contributed by atoms with Gasteiger partial charge in [-0.15, -0.1) is 0 Å². The number of anilines is 1. The Balaban J connectivity index is 2.19. The maximum Gasteiger partial charge on any atom is 0.203 e. The summed E-state index contributed by atoms with van der Waals surface area (Å²) in [4.78, 5) is 4.18. The van der Waals surface area contributed by atoms with E-state index in [1.54, 1.807) is 32.5 Å². The maximum atomic E-state index is 5.72. The first-order valence-corrected chi connectivity index (χ1v) is 5.78. The molecule has 1 heterocycles. The largest absolute Gasteiger partial charge is 0.493 e. The van der Waals surface area contributed by atoms with E-state index in [4.69, 9.17) is 19.9 Å². The minimum absolute atomic E-state index is 0.293. The standard InChI is InChI=1S/C14H16N2O3/c1-17-12-4-3-5-13(18-2)14(12)19-9-11-8-10(15)6-7-16-11/h3-8H,9H2,1-2H3,(H2,15,16). The Kier molecular flexibility index (Phi) is 4.07. The van der Waals surface area contributed by atoms with E-state index in [2.05, 4.69) is 4.98 Å². The van der Waals surface area contributed by atoms with E-state index < -0.39 is 0 Å². The molecule has 0 aliphatic rings. The van der Waals surface area contributed by atoms with E-state index in [0.29, 0.717) is 29.5 Å². The van der Waals surface area contributed by atoms with Crippen LogP contribution in [0.4, 0.5) is 5.69 Å². The van der Waals surface area contributed by atoms with Crippen LogP contribution in [0.5, 0.6) is 17.2 Å². The summed E-state index contributed by atoms with van der Waals surface area (Å²) in [5, 5.41) is 0. The maximum absolute atomic E-state index is 5.72. The molecule has 100 valence electrons. The van der Waals surface area contributed by atoms with Crippen molar-refractivity contribution in [1.82, 2.24) is 4.98 Å². The molecule has 0 aliphatic carbocycles. The third-order valence-electron chi connectivity index (χ3n) is 2.59. The number of nitrogen functional groups attached to an aromatic ring is 1. The zero-order chi connectivity index (χ0) is 13.7. The zero-order valence-electron chi connectivity index (χ0n) is 10.9. The molecule has 0 fully saturated rings.